The normalized spacial score (nSPS) is 17.6. The molecule has 6 heteroatoms. The Kier molecular flexibility index (Phi) is 7.02. The summed E-state index contributed by atoms with van der Waals surface area (Å²) in [6.45, 7) is 6.08. The van der Waals surface area contributed by atoms with Crippen LogP contribution in [0.1, 0.15) is 55.0 Å². The summed E-state index contributed by atoms with van der Waals surface area (Å²) in [7, 11) is 0. The number of hydrogen-bond donors (Lipinski definition) is 3. The Morgan fingerprint density at radius 3 is 2.73 bits per heavy atom. The van der Waals surface area contributed by atoms with E-state index in [9.17, 15) is 0 Å². The van der Waals surface area contributed by atoms with E-state index in [0.717, 1.165) is 68.7 Å². The van der Waals surface area contributed by atoms with Crippen molar-refractivity contribution in [2.45, 2.75) is 51.7 Å². The summed E-state index contributed by atoms with van der Waals surface area (Å²) in [5.74, 6) is 1.69. The minimum Gasteiger partial charge on any atom is -0.357 e. The monoisotopic (exact) mass is 492 g/mol. The molecule has 0 saturated carbocycles. The number of H-pyrrole nitrogens is 2. The molecular formula is C31H36N6. The zero-order valence-electron chi connectivity index (χ0n) is 21.6. The van der Waals surface area contributed by atoms with Crippen LogP contribution < -0.4 is 5.32 Å². The lowest BCUT2D eigenvalue weighted by Crippen LogP contribution is -2.35. The summed E-state index contributed by atoms with van der Waals surface area (Å²) in [6, 6.07) is 23.7. The summed E-state index contributed by atoms with van der Waals surface area (Å²) in [5, 5.41) is 4.90. The standard InChI is InChI=1S/C31H36N6/c1-22-17-24-10-8-15-33-31(24)29(18-22)37(21-30-35-27-12-4-5-13-28(27)36-30)16-7-6-14-32-20-25-19-23-9-2-3-11-26(23)34-25/h2-5,8-13,15,19,22,29,32,34H,6-7,14,16-18,20-21H2,1H3,(H,35,36)/t22-,29?/m0/s1. The van der Waals surface area contributed by atoms with E-state index < -0.39 is 0 Å². The van der Waals surface area contributed by atoms with Crippen LogP contribution >= 0.6 is 0 Å². The van der Waals surface area contributed by atoms with Crippen LogP contribution in [-0.2, 0) is 19.5 Å². The molecule has 5 aromatic rings. The van der Waals surface area contributed by atoms with Crippen molar-refractivity contribution in [1.29, 1.82) is 0 Å². The van der Waals surface area contributed by atoms with Crippen LogP contribution in [0.2, 0.25) is 0 Å². The molecule has 3 N–H and O–H groups in total. The molecule has 0 fully saturated rings. The number of unbranched alkanes of at least 4 members (excludes halogenated alkanes) is 1. The quantitative estimate of drug-likeness (QED) is 0.205. The first-order chi connectivity index (χ1) is 18.2. The highest BCUT2D eigenvalue weighted by Gasteiger charge is 2.30. The molecule has 0 bridgehead atoms. The Labute approximate surface area is 218 Å². The molecule has 6 rings (SSSR count). The van der Waals surface area contributed by atoms with Gasteiger partial charge >= 0.3 is 0 Å². The van der Waals surface area contributed by atoms with Gasteiger partial charge in [-0.25, -0.2) is 4.98 Å². The number of para-hydroxylation sites is 3. The van der Waals surface area contributed by atoms with Crippen molar-refractivity contribution in [1.82, 2.24) is 30.2 Å². The van der Waals surface area contributed by atoms with E-state index in [0.29, 0.717) is 12.0 Å². The molecule has 37 heavy (non-hydrogen) atoms. The lowest BCUT2D eigenvalue weighted by atomic mass is 9.83. The van der Waals surface area contributed by atoms with Crippen LogP contribution in [0.5, 0.6) is 0 Å². The van der Waals surface area contributed by atoms with E-state index in [1.807, 2.05) is 6.20 Å². The number of aromatic nitrogens is 4. The third-order valence-corrected chi connectivity index (χ3v) is 7.62. The Hall–Kier alpha value is -3.48. The first kappa shape index (κ1) is 23.9. The van der Waals surface area contributed by atoms with Gasteiger partial charge in [0.25, 0.3) is 0 Å². The molecule has 3 aromatic heterocycles. The third-order valence-electron chi connectivity index (χ3n) is 7.62. The molecule has 6 nitrogen and oxygen atoms in total. The summed E-state index contributed by atoms with van der Waals surface area (Å²) in [6.07, 6.45) is 6.48. The van der Waals surface area contributed by atoms with Gasteiger partial charge in [-0.3, -0.25) is 9.88 Å². The molecule has 0 saturated heterocycles. The number of aromatic amines is 2. The highest BCUT2D eigenvalue weighted by atomic mass is 15.2. The zero-order chi connectivity index (χ0) is 25.0. The maximum absolute atomic E-state index is 4.90. The average Bonchev–Trinajstić information content (AvgIpc) is 3.52. The number of hydrogen-bond acceptors (Lipinski definition) is 4. The predicted octanol–water partition coefficient (Wildman–Crippen LogP) is 6.13. The highest BCUT2D eigenvalue weighted by molar-refractivity contribution is 5.80. The van der Waals surface area contributed by atoms with Crippen molar-refractivity contribution in [2.75, 3.05) is 13.1 Å². The van der Waals surface area contributed by atoms with Crippen molar-refractivity contribution in [2.24, 2.45) is 5.92 Å². The number of pyridine rings is 1. The van der Waals surface area contributed by atoms with Gasteiger partial charge in [-0.2, -0.15) is 0 Å². The van der Waals surface area contributed by atoms with Crippen molar-refractivity contribution < 1.29 is 0 Å². The van der Waals surface area contributed by atoms with Crippen molar-refractivity contribution in [3.05, 3.63) is 95.7 Å². The number of nitrogens with zero attached hydrogens (tertiary/aromatic N) is 3. The molecular weight excluding hydrogens is 456 g/mol. The molecule has 1 aliphatic rings. The Morgan fingerprint density at radius 2 is 1.84 bits per heavy atom. The third kappa shape index (κ3) is 5.45. The molecule has 1 unspecified atom stereocenters. The van der Waals surface area contributed by atoms with Gasteiger partial charge in [-0.05, 0) is 86.0 Å². The largest absolute Gasteiger partial charge is 0.357 e. The summed E-state index contributed by atoms with van der Waals surface area (Å²) < 4.78 is 0. The Bertz CT molecular complexity index is 1400. The molecule has 190 valence electrons. The van der Waals surface area contributed by atoms with Gasteiger partial charge < -0.3 is 15.3 Å². The molecule has 2 aromatic carbocycles. The molecule has 3 heterocycles. The topological polar surface area (TPSA) is 72.6 Å². The second-order valence-electron chi connectivity index (χ2n) is 10.5. The molecule has 0 amide bonds. The molecule has 2 atom stereocenters. The fourth-order valence-electron chi connectivity index (χ4n) is 5.83. The van der Waals surface area contributed by atoms with E-state index in [-0.39, 0.29) is 0 Å². The zero-order valence-corrected chi connectivity index (χ0v) is 21.6. The fraction of sp³-hybridized carbons (Fsp3) is 0.355. The van der Waals surface area contributed by atoms with Crippen LogP contribution in [0.4, 0.5) is 0 Å². The maximum Gasteiger partial charge on any atom is 0.121 e. The van der Waals surface area contributed by atoms with Crippen LogP contribution in [0.3, 0.4) is 0 Å². The van der Waals surface area contributed by atoms with Crippen LogP contribution in [0, 0.1) is 5.92 Å². The number of rotatable bonds is 10. The first-order valence-corrected chi connectivity index (χ1v) is 13.6. The van der Waals surface area contributed by atoms with E-state index in [1.54, 1.807) is 0 Å². The fourth-order valence-corrected chi connectivity index (χ4v) is 5.83. The van der Waals surface area contributed by atoms with Gasteiger partial charge in [0.1, 0.15) is 5.82 Å². The summed E-state index contributed by atoms with van der Waals surface area (Å²) in [5.41, 5.74) is 7.25. The molecule has 0 radical (unpaired) electrons. The van der Waals surface area contributed by atoms with E-state index in [4.69, 9.17) is 9.97 Å². The van der Waals surface area contributed by atoms with Crippen molar-refractivity contribution >= 4 is 21.9 Å². The van der Waals surface area contributed by atoms with Gasteiger partial charge in [-0.15, -0.1) is 0 Å². The SMILES string of the molecule is C[C@H]1Cc2cccnc2C(N(CCCCNCc2cc3ccccc3[nH]2)Cc2nc3ccccc3[nH]2)C1. The van der Waals surface area contributed by atoms with Crippen LogP contribution in [-0.4, -0.2) is 37.9 Å². The second-order valence-corrected chi connectivity index (χ2v) is 10.5. The first-order valence-electron chi connectivity index (χ1n) is 13.6. The van der Waals surface area contributed by atoms with Crippen LogP contribution in [0.15, 0.2) is 72.9 Å². The lowest BCUT2D eigenvalue weighted by molar-refractivity contribution is 0.143. The number of nitrogens with one attached hydrogen (secondary N) is 3. The van der Waals surface area contributed by atoms with Crippen molar-refractivity contribution in [3.8, 4) is 0 Å². The van der Waals surface area contributed by atoms with Crippen LogP contribution in [0.25, 0.3) is 21.9 Å². The van der Waals surface area contributed by atoms with Gasteiger partial charge in [0.2, 0.25) is 0 Å². The average molecular weight is 493 g/mol. The molecule has 1 aliphatic carbocycles. The highest BCUT2D eigenvalue weighted by Crippen LogP contribution is 2.36. The Morgan fingerprint density at radius 1 is 0.973 bits per heavy atom. The minimum absolute atomic E-state index is 0.326. The van der Waals surface area contributed by atoms with Gasteiger partial charge in [0.05, 0.1) is 29.3 Å². The molecule has 0 aliphatic heterocycles. The minimum atomic E-state index is 0.326. The number of benzene rings is 2. The smallest absolute Gasteiger partial charge is 0.121 e. The van der Waals surface area contributed by atoms with Gasteiger partial charge in [0.15, 0.2) is 0 Å². The maximum atomic E-state index is 4.90. The number of fused-ring (bicyclic) bond motifs is 3. The summed E-state index contributed by atoms with van der Waals surface area (Å²) >= 11 is 0. The number of imidazole rings is 1. The van der Waals surface area contributed by atoms with E-state index in [2.05, 4.69) is 93.8 Å². The predicted molar refractivity (Wildman–Crippen MR) is 150 cm³/mol. The summed E-state index contributed by atoms with van der Waals surface area (Å²) in [4.78, 5) is 19.4. The second kappa shape index (κ2) is 10.9. The lowest BCUT2D eigenvalue weighted by Gasteiger charge is -2.37. The Balaban J connectivity index is 1.11. The van der Waals surface area contributed by atoms with Gasteiger partial charge in [-0.1, -0.05) is 43.3 Å². The van der Waals surface area contributed by atoms with E-state index >= 15 is 0 Å². The van der Waals surface area contributed by atoms with E-state index in [1.165, 1.54) is 27.9 Å². The van der Waals surface area contributed by atoms with Crippen molar-refractivity contribution in [3.63, 3.8) is 0 Å². The van der Waals surface area contributed by atoms with Gasteiger partial charge in [0, 0.05) is 24.0 Å². The molecule has 0 spiro atoms.